The number of benzene rings is 1. The van der Waals surface area contributed by atoms with Crippen LogP contribution in [0.2, 0.25) is 0 Å². The van der Waals surface area contributed by atoms with Crippen LogP contribution >= 0.6 is 0 Å². The highest BCUT2D eigenvalue weighted by Gasteiger charge is 2.00. The Kier molecular flexibility index (Phi) is 3.10. The zero-order valence-electron chi connectivity index (χ0n) is 9.14. The predicted octanol–water partition coefficient (Wildman–Crippen LogP) is 2.00. The van der Waals surface area contributed by atoms with E-state index in [0.29, 0.717) is 6.54 Å². The number of para-hydroxylation sites is 1. The lowest BCUT2D eigenvalue weighted by Crippen LogP contribution is -2.26. The van der Waals surface area contributed by atoms with Crippen molar-refractivity contribution < 1.29 is 9.53 Å². The first kappa shape index (κ1) is 10.5. The number of alkyl carbamates (subject to hydrolysis) is 1. The van der Waals surface area contributed by atoms with Gasteiger partial charge in [-0.15, -0.1) is 0 Å². The second kappa shape index (κ2) is 4.70. The van der Waals surface area contributed by atoms with Gasteiger partial charge in [-0.3, -0.25) is 0 Å². The van der Waals surface area contributed by atoms with Gasteiger partial charge in [-0.25, -0.2) is 4.79 Å². The van der Waals surface area contributed by atoms with E-state index in [1.807, 2.05) is 18.3 Å². The number of hydrogen-bond donors (Lipinski definition) is 1. The van der Waals surface area contributed by atoms with E-state index in [4.69, 9.17) is 0 Å². The quantitative estimate of drug-likeness (QED) is 0.856. The van der Waals surface area contributed by atoms with Crippen molar-refractivity contribution in [3.05, 3.63) is 36.5 Å². The molecule has 1 aromatic carbocycles. The Hall–Kier alpha value is -1.97. The van der Waals surface area contributed by atoms with E-state index >= 15 is 0 Å². The molecule has 0 saturated carbocycles. The van der Waals surface area contributed by atoms with Gasteiger partial charge in [0.05, 0.1) is 7.11 Å². The Morgan fingerprint density at radius 3 is 3.00 bits per heavy atom. The van der Waals surface area contributed by atoms with Gasteiger partial charge in [0.15, 0.2) is 0 Å². The van der Waals surface area contributed by atoms with E-state index in [1.165, 1.54) is 18.0 Å². The van der Waals surface area contributed by atoms with E-state index in [2.05, 4.69) is 32.8 Å². The SMILES string of the molecule is COC(=O)NCCn1ccc2ccccc21. The van der Waals surface area contributed by atoms with Crippen molar-refractivity contribution in [2.24, 2.45) is 0 Å². The Bertz CT molecular complexity index is 490. The number of fused-ring (bicyclic) bond motifs is 1. The second-order valence-corrected chi connectivity index (χ2v) is 3.49. The molecule has 0 aliphatic heterocycles. The van der Waals surface area contributed by atoms with Crippen molar-refractivity contribution in [2.45, 2.75) is 6.54 Å². The monoisotopic (exact) mass is 218 g/mol. The van der Waals surface area contributed by atoms with E-state index in [0.717, 1.165) is 6.54 Å². The van der Waals surface area contributed by atoms with Gasteiger partial charge in [0, 0.05) is 24.8 Å². The van der Waals surface area contributed by atoms with Crippen LogP contribution in [0.15, 0.2) is 36.5 Å². The topological polar surface area (TPSA) is 43.3 Å². The Morgan fingerprint density at radius 2 is 2.19 bits per heavy atom. The van der Waals surface area contributed by atoms with Crippen molar-refractivity contribution in [1.29, 1.82) is 0 Å². The zero-order valence-corrected chi connectivity index (χ0v) is 9.14. The van der Waals surface area contributed by atoms with E-state index in [1.54, 1.807) is 0 Å². The number of methoxy groups -OCH3 is 1. The molecule has 1 heterocycles. The highest BCUT2D eigenvalue weighted by Crippen LogP contribution is 2.14. The minimum Gasteiger partial charge on any atom is -0.453 e. The molecule has 0 aliphatic carbocycles. The zero-order chi connectivity index (χ0) is 11.4. The molecule has 0 aliphatic rings. The van der Waals surface area contributed by atoms with Crippen LogP contribution in [0.4, 0.5) is 4.79 Å². The van der Waals surface area contributed by atoms with Gasteiger partial charge in [-0.1, -0.05) is 18.2 Å². The van der Waals surface area contributed by atoms with Crippen molar-refractivity contribution >= 4 is 17.0 Å². The van der Waals surface area contributed by atoms with Crippen LogP contribution in [0.5, 0.6) is 0 Å². The number of rotatable bonds is 3. The molecule has 4 heteroatoms. The lowest BCUT2D eigenvalue weighted by Gasteiger charge is -2.06. The number of amides is 1. The van der Waals surface area contributed by atoms with Gasteiger partial charge in [0.2, 0.25) is 0 Å². The van der Waals surface area contributed by atoms with Crippen LogP contribution in [0.25, 0.3) is 10.9 Å². The number of carbonyl (C=O) groups is 1. The second-order valence-electron chi connectivity index (χ2n) is 3.49. The molecule has 16 heavy (non-hydrogen) atoms. The molecule has 2 rings (SSSR count). The number of carbonyl (C=O) groups excluding carboxylic acids is 1. The summed E-state index contributed by atoms with van der Waals surface area (Å²) in [5, 5.41) is 3.86. The average Bonchev–Trinajstić information content (AvgIpc) is 2.73. The maximum absolute atomic E-state index is 10.9. The smallest absolute Gasteiger partial charge is 0.406 e. The molecule has 84 valence electrons. The Labute approximate surface area is 93.8 Å². The maximum Gasteiger partial charge on any atom is 0.406 e. The third-order valence-corrected chi connectivity index (χ3v) is 2.49. The van der Waals surface area contributed by atoms with Gasteiger partial charge in [0.25, 0.3) is 0 Å². The highest BCUT2D eigenvalue weighted by atomic mass is 16.5. The van der Waals surface area contributed by atoms with E-state index in [-0.39, 0.29) is 0 Å². The summed E-state index contributed by atoms with van der Waals surface area (Å²) < 4.78 is 6.60. The molecule has 1 aromatic heterocycles. The fraction of sp³-hybridized carbons (Fsp3) is 0.250. The maximum atomic E-state index is 10.9. The molecule has 0 unspecified atom stereocenters. The minimum atomic E-state index is -0.392. The number of hydrogen-bond acceptors (Lipinski definition) is 2. The summed E-state index contributed by atoms with van der Waals surface area (Å²) >= 11 is 0. The molecule has 0 fully saturated rings. The molecule has 0 atom stereocenters. The summed E-state index contributed by atoms with van der Waals surface area (Å²) in [5.41, 5.74) is 1.18. The largest absolute Gasteiger partial charge is 0.453 e. The van der Waals surface area contributed by atoms with Crippen LogP contribution in [0.3, 0.4) is 0 Å². The van der Waals surface area contributed by atoms with Crippen molar-refractivity contribution in [1.82, 2.24) is 9.88 Å². The summed E-state index contributed by atoms with van der Waals surface area (Å²) in [6.45, 7) is 1.30. The lowest BCUT2D eigenvalue weighted by molar-refractivity contribution is 0.170. The minimum absolute atomic E-state index is 0.392. The molecule has 2 aromatic rings. The Balaban J connectivity index is 2.02. The van der Waals surface area contributed by atoms with Gasteiger partial charge < -0.3 is 14.6 Å². The first-order chi connectivity index (χ1) is 7.81. The van der Waals surface area contributed by atoms with Gasteiger partial charge in [0.1, 0.15) is 0 Å². The van der Waals surface area contributed by atoms with Crippen LogP contribution in [-0.2, 0) is 11.3 Å². The molecule has 0 bridgehead atoms. The van der Waals surface area contributed by atoms with Crippen LogP contribution < -0.4 is 5.32 Å². The summed E-state index contributed by atoms with van der Waals surface area (Å²) in [7, 11) is 1.36. The fourth-order valence-electron chi connectivity index (χ4n) is 1.69. The van der Waals surface area contributed by atoms with Crippen LogP contribution in [-0.4, -0.2) is 24.3 Å². The average molecular weight is 218 g/mol. The predicted molar refractivity (Wildman–Crippen MR) is 62.3 cm³/mol. The van der Waals surface area contributed by atoms with Gasteiger partial charge in [-0.2, -0.15) is 0 Å². The third-order valence-electron chi connectivity index (χ3n) is 2.49. The first-order valence-corrected chi connectivity index (χ1v) is 5.17. The third kappa shape index (κ3) is 2.16. The summed E-state index contributed by atoms with van der Waals surface area (Å²) in [6.07, 6.45) is 1.63. The van der Waals surface area contributed by atoms with E-state index < -0.39 is 6.09 Å². The molecule has 0 saturated heterocycles. The van der Waals surface area contributed by atoms with Crippen LogP contribution in [0.1, 0.15) is 0 Å². The number of nitrogens with one attached hydrogen (secondary N) is 1. The van der Waals surface area contributed by atoms with E-state index in [9.17, 15) is 4.79 Å². The van der Waals surface area contributed by atoms with Crippen molar-refractivity contribution in [3.8, 4) is 0 Å². The van der Waals surface area contributed by atoms with Crippen LogP contribution in [0, 0.1) is 0 Å². The highest BCUT2D eigenvalue weighted by molar-refractivity contribution is 5.79. The molecular weight excluding hydrogens is 204 g/mol. The van der Waals surface area contributed by atoms with Crippen molar-refractivity contribution in [3.63, 3.8) is 0 Å². The summed E-state index contributed by atoms with van der Waals surface area (Å²) in [5.74, 6) is 0. The summed E-state index contributed by atoms with van der Waals surface area (Å²) in [6, 6.07) is 10.2. The lowest BCUT2D eigenvalue weighted by atomic mass is 10.2. The number of nitrogens with zero attached hydrogens (tertiary/aromatic N) is 1. The molecule has 0 spiro atoms. The molecule has 0 radical (unpaired) electrons. The summed E-state index contributed by atoms with van der Waals surface area (Å²) in [4.78, 5) is 10.9. The van der Waals surface area contributed by atoms with Gasteiger partial charge in [-0.05, 0) is 17.5 Å². The molecule has 4 nitrogen and oxygen atoms in total. The number of ether oxygens (including phenoxy) is 1. The normalized spacial score (nSPS) is 10.3. The number of aromatic nitrogens is 1. The molecule has 1 amide bonds. The Morgan fingerprint density at radius 1 is 1.38 bits per heavy atom. The molecular formula is C12H14N2O2. The standard InChI is InChI=1S/C12H14N2O2/c1-16-12(15)13-7-9-14-8-6-10-4-2-3-5-11(10)14/h2-6,8H,7,9H2,1H3,(H,13,15). The van der Waals surface area contributed by atoms with Crippen molar-refractivity contribution in [2.75, 3.05) is 13.7 Å². The van der Waals surface area contributed by atoms with Gasteiger partial charge >= 0.3 is 6.09 Å². The molecule has 1 N–H and O–H groups in total. The fourth-order valence-corrected chi connectivity index (χ4v) is 1.69. The first-order valence-electron chi connectivity index (χ1n) is 5.17.